The van der Waals surface area contributed by atoms with Crippen LogP contribution in [0, 0.1) is 6.92 Å². The van der Waals surface area contributed by atoms with E-state index in [4.69, 9.17) is 11.6 Å². The van der Waals surface area contributed by atoms with Crippen LogP contribution in [0.1, 0.15) is 32.3 Å². The molecule has 0 unspecified atom stereocenters. The van der Waals surface area contributed by atoms with E-state index < -0.39 is 0 Å². The molecule has 0 saturated carbocycles. The first-order valence-corrected chi connectivity index (χ1v) is 18.2. The standard InChI is InChI=1S/C40H40ClN3S2/c1-4-42-35-28-32(41)22-24-37(35)45-26-12-13-30-19-20-31(21-25-39-43(5-2)36-27-29(3)18-23-38(36)46-39)40(30)44(33-14-8-6-9-15-33)34-16-10-7-11-17-34/h6-18,21-25,27-28,42H,4-5,19-20,26H2,1-3H3/b13-12+,31-21-,39-25+. The fourth-order valence-electron chi connectivity index (χ4n) is 6.00. The highest BCUT2D eigenvalue weighted by atomic mass is 35.5. The average Bonchev–Trinajstić information content (AvgIpc) is 3.64. The number of hydrogen-bond donors (Lipinski definition) is 1. The first-order valence-electron chi connectivity index (χ1n) is 16.0. The molecule has 1 heterocycles. The van der Waals surface area contributed by atoms with Gasteiger partial charge in [0.2, 0.25) is 0 Å². The lowest BCUT2D eigenvalue weighted by molar-refractivity contribution is 0.998. The summed E-state index contributed by atoms with van der Waals surface area (Å²) in [6, 6.07) is 34.4. The monoisotopic (exact) mass is 661 g/mol. The van der Waals surface area contributed by atoms with Gasteiger partial charge in [-0.2, -0.15) is 0 Å². The van der Waals surface area contributed by atoms with Crippen molar-refractivity contribution in [3.8, 4) is 0 Å². The molecule has 0 aromatic heterocycles. The first kappa shape index (κ1) is 32.2. The van der Waals surface area contributed by atoms with Crippen molar-refractivity contribution in [3.05, 3.63) is 154 Å². The van der Waals surface area contributed by atoms with Crippen molar-refractivity contribution in [1.29, 1.82) is 0 Å². The Morgan fingerprint density at radius 1 is 0.891 bits per heavy atom. The van der Waals surface area contributed by atoms with Crippen LogP contribution in [-0.4, -0.2) is 18.8 Å². The van der Waals surface area contributed by atoms with Gasteiger partial charge < -0.3 is 15.1 Å². The van der Waals surface area contributed by atoms with Crippen LogP contribution in [0.25, 0.3) is 0 Å². The summed E-state index contributed by atoms with van der Waals surface area (Å²) in [7, 11) is 0. The van der Waals surface area contributed by atoms with Crippen LogP contribution in [0.15, 0.2) is 153 Å². The van der Waals surface area contributed by atoms with Crippen molar-refractivity contribution >= 4 is 57.9 Å². The molecule has 4 aromatic rings. The molecule has 0 fully saturated rings. The maximum absolute atomic E-state index is 6.29. The van der Waals surface area contributed by atoms with Crippen LogP contribution in [-0.2, 0) is 0 Å². The fourth-order valence-corrected chi connectivity index (χ4v) is 8.11. The molecule has 0 atom stereocenters. The zero-order valence-electron chi connectivity index (χ0n) is 26.7. The molecule has 6 rings (SSSR count). The van der Waals surface area contributed by atoms with Gasteiger partial charge in [0, 0.05) is 50.7 Å². The molecular weight excluding hydrogens is 622 g/mol. The van der Waals surface area contributed by atoms with Crippen molar-refractivity contribution in [2.75, 3.05) is 34.0 Å². The maximum atomic E-state index is 6.29. The molecule has 46 heavy (non-hydrogen) atoms. The Balaban J connectivity index is 1.37. The second kappa shape index (κ2) is 15.2. The van der Waals surface area contributed by atoms with Gasteiger partial charge in [-0.25, -0.2) is 0 Å². The number of nitrogens with one attached hydrogen (secondary N) is 1. The van der Waals surface area contributed by atoms with Crippen LogP contribution < -0.4 is 15.1 Å². The van der Waals surface area contributed by atoms with E-state index in [1.165, 1.54) is 42.9 Å². The molecule has 6 heteroatoms. The van der Waals surface area contributed by atoms with E-state index in [9.17, 15) is 0 Å². The number of halogens is 1. The van der Waals surface area contributed by atoms with Gasteiger partial charge in [-0.1, -0.05) is 84.1 Å². The number of anilines is 4. The van der Waals surface area contributed by atoms with Crippen LogP contribution in [0.2, 0.25) is 5.02 Å². The highest BCUT2D eigenvalue weighted by molar-refractivity contribution is 8.03. The predicted octanol–water partition coefficient (Wildman–Crippen LogP) is 12.0. The van der Waals surface area contributed by atoms with Gasteiger partial charge in [-0.3, -0.25) is 0 Å². The van der Waals surface area contributed by atoms with E-state index in [-0.39, 0.29) is 0 Å². The normalized spacial score (nSPS) is 16.2. The van der Waals surface area contributed by atoms with Crippen LogP contribution in [0.4, 0.5) is 22.7 Å². The number of hydrogen-bond acceptors (Lipinski definition) is 5. The number of rotatable bonds is 11. The zero-order valence-corrected chi connectivity index (χ0v) is 29.1. The summed E-state index contributed by atoms with van der Waals surface area (Å²) in [6.07, 6.45) is 11.3. The van der Waals surface area contributed by atoms with Gasteiger partial charge in [0.1, 0.15) is 0 Å². The fraction of sp³-hybridized carbons (Fsp3) is 0.200. The zero-order chi connectivity index (χ0) is 31.9. The molecular formula is C40H40ClN3S2. The third kappa shape index (κ3) is 7.28. The summed E-state index contributed by atoms with van der Waals surface area (Å²) in [4.78, 5) is 7.41. The van der Waals surface area contributed by atoms with Crippen molar-refractivity contribution in [1.82, 2.24) is 0 Å². The average molecular weight is 662 g/mol. The predicted molar refractivity (Wildman–Crippen MR) is 203 cm³/mol. The quantitative estimate of drug-likeness (QED) is 0.161. The highest BCUT2D eigenvalue weighted by Crippen LogP contribution is 2.47. The number of aryl methyl sites for hydroxylation is 1. The summed E-state index contributed by atoms with van der Waals surface area (Å²) in [5.41, 5.74) is 10.00. The Labute approximate surface area is 287 Å². The molecule has 0 spiro atoms. The highest BCUT2D eigenvalue weighted by Gasteiger charge is 2.27. The summed E-state index contributed by atoms with van der Waals surface area (Å²) in [6.45, 7) is 8.32. The molecule has 4 aromatic carbocycles. The van der Waals surface area contributed by atoms with E-state index in [0.29, 0.717) is 0 Å². The number of nitrogens with zero attached hydrogens (tertiary/aromatic N) is 2. The number of fused-ring (bicyclic) bond motifs is 1. The van der Waals surface area contributed by atoms with Crippen LogP contribution in [0.3, 0.4) is 0 Å². The Kier molecular flexibility index (Phi) is 10.6. The molecule has 3 nitrogen and oxygen atoms in total. The van der Waals surface area contributed by atoms with Crippen LogP contribution in [0.5, 0.6) is 0 Å². The number of thioether (sulfide) groups is 2. The molecule has 1 aliphatic heterocycles. The van der Waals surface area contributed by atoms with Gasteiger partial charge in [-0.05, 0) is 111 Å². The Hall–Kier alpha value is -3.77. The molecule has 0 saturated heterocycles. The number of benzene rings is 4. The van der Waals surface area contributed by atoms with Gasteiger partial charge in [0.05, 0.1) is 16.4 Å². The lowest BCUT2D eigenvalue weighted by Gasteiger charge is -2.28. The topological polar surface area (TPSA) is 18.5 Å². The molecule has 0 amide bonds. The summed E-state index contributed by atoms with van der Waals surface area (Å²) >= 11 is 9.98. The van der Waals surface area contributed by atoms with Crippen LogP contribution >= 0.6 is 35.1 Å². The Morgan fingerprint density at radius 2 is 1.63 bits per heavy atom. The molecule has 1 N–H and O–H groups in total. The Bertz CT molecular complexity index is 1750. The smallest absolute Gasteiger partial charge is 0.0801 e. The molecule has 0 radical (unpaired) electrons. The minimum atomic E-state index is 0.754. The maximum Gasteiger partial charge on any atom is 0.0801 e. The van der Waals surface area contributed by atoms with Gasteiger partial charge in [0.25, 0.3) is 0 Å². The summed E-state index contributed by atoms with van der Waals surface area (Å²) in [5, 5.41) is 5.49. The van der Waals surface area contributed by atoms with Gasteiger partial charge >= 0.3 is 0 Å². The third-order valence-corrected chi connectivity index (χ3v) is 10.5. The van der Waals surface area contributed by atoms with E-state index in [1.54, 1.807) is 0 Å². The van der Waals surface area contributed by atoms with E-state index >= 15 is 0 Å². The van der Waals surface area contributed by atoms with Crippen molar-refractivity contribution in [2.45, 2.75) is 43.4 Å². The second-order valence-electron chi connectivity index (χ2n) is 11.3. The number of para-hydroxylation sites is 2. The van der Waals surface area contributed by atoms with Crippen molar-refractivity contribution in [2.24, 2.45) is 0 Å². The lowest BCUT2D eigenvalue weighted by Crippen LogP contribution is -2.18. The number of allylic oxidation sites excluding steroid dienone is 5. The molecule has 0 bridgehead atoms. The third-order valence-electron chi connectivity index (χ3n) is 8.12. The summed E-state index contributed by atoms with van der Waals surface area (Å²) < 4.78 is 0. The van der Waals surface area contributed by atoms with Crippen molar-refractivity contribution < 1.29 is 0 Å². The minimum Gasteiger partial charge on any atom is -0.384 e. The molecule has 234 valence electrons. The molecule has 2 aliphatic rings. The largest absolute Gasteiger partial charge is 0.384 e. The van der Waals surface area contributed by atoms with E-state index in [2.05, 4.69) is 145 Å². The Morgan fingerprint density at radius 3 is 2.33 bits per heavy atom. The second-order valence-corrected chi connectivity index (χ2v) is 13.8. The van der Waals surface area contributed by atoms with E-state index in [0.717, 1.165) is 53.8 Å². The minimum absolute atomic E-state index is 0.754. The lowest BCUT2D eigenvalue weighted by atomic mass is 10.1. The molecule has 1 aliphatic carbocycles. The van der Waals surface area contributed by atoms with Crippen molar-refractivity contribution in [3.63, 3.8) is 0 Å². The SMILES string of the molecule is CCNc1cc(Cl)ccc1SC/C=C/C1=C(N(c2ccccc2)c2ccccc2)C(=C\C=C2\Sc3ccc(C)cc3N2CC)/CC1. The van der Waals surface area contributed by atoms with E-state index in [1.807, 2.05) is 35.7 Å². The van der Waals surface area contributed by atoms with Gasteiger partial charge in [-0.15, -0.1) is 11.8 Å². The summed E-state index contributed by atoms with van der Waals surface area (Å²) in [5.74, 6) is 0.871. The first-order chi connectivity index (χ1) is 22.6. The van der Waals surface area contributed by atoms with Gasteiger partial charge in [0.15, 0.2) is 0 Å².